The number of aryl methyl sites for hydroxylation is 1. The Labute approximate surface area is 116 Å². The summed E-state index contributed by atoms with van der Waals surface area (Å²) in [7, 11) is 0. The third kappa shape index (κ3) is 3.14. The molecule has 1 saturated heterocycles. The van der Waals surface area contributed by atoms with E-state index in [1.54, 1.807) is 12.1 Å². The number of carbonyl (C=O) groups is 2. The molecular weight excluding hydrogens is 263 g/mol. The quantitative estimate of drug-likeness (QED) is 0.826. The van der Waals surface area contributed by atoms with Crippen molar-refractivity contribution >= 4 is 11.8 Å². The molecule has 2 amide bonds. The van der Waals surface area contributed by atoms with Gasteiger partial charge in [-0.2, -0.15) is 0 Å². The lowest BCUT2D eigenvalue weighted by molar-refractivity contribution is -0.139. The van der Waals surface area contributed by atoms with Gasteiger partial charge in [-0.05, 0) is 30.5 Å². The number of primary amides is 1. The van der Waals surface area contributed by atoms with Crippen LogP contribution in [0, 0.1) is 5.82 Å². The third-order valence-corrected chi connectivity index (χ3v) is 3.52. The van der Waals surface area contributed by atoms with E-state index in [1.165, 1.54) is 17.0 Å². The molecule has 2 atom stereocenters. The van der Waals surface area contributed by atoms with E-state index in [1.807, 2.05) is 0 Å². The zero-order chi connectivity index (χ0) is 14.7. The molecule has 6 heteroatoms. The van der Waals surface area contributed by atoms with E-state index in [2.05, 4.69) is 0 Å². The van der Waals surface area contributed by atoms with Crippen molar-refractivity contribution in [2.75, 3.05) is 6.54 Å². The van der Waals surface area contributed by atoms with Crippen LogP contribution in [0.4, 0.5) is 4.39 Å². The molecule has 1 fully saturated rings. The van der Waals surface area contributed by atoms with Gasteiger partial charge in [0.25, 0.3) is 0 Å². The first-order valence-corrected chi connectivity index (χ1v) is 6.50. The van der Waals surface area contributed by atoms with Crippen molar-refractivity contribution < 1.29 is 19.1 Å². The van der Waals surface area contributed by atoms with Gasteiger partial charge in [-0.1, -0.05) is 12.1 Å². The van der Waals surface area contributed by atoms with Gasteiger partial charge in [0.15, 0.2) is 0 Å². The number of nitrogens with zero attached hydrogens (tertiary/aromatic N) is 1. The minimum Gasteiger partial charge on any atom is -0.390 e. The number of aliphatic hydroxyl groups is 1. The van der Waals surface area contributed by atoms with E-state index in [0.29, 0.717) is 19.4 Å². The van der Waals surface area contributed by atoms with E-state index < -0.39 is 18.1 Å². The van der Waals surface area contributed by atoms with Crippen LogP contribution in [0.25, 0.3) is 0 Å². The van der Waals surface area contributed by atoms with Gasteiger partial charge < -0.3 is 15.7 Å². The first-order chi connectivity index (χ1) is 9.49. The fraction of sp³-hybridized carbons (Fsp3) is 0.429. The number of amides is 2. The highest BCUT2D eigenvalue weighted by molar-refractivity contribution is 5.87. The Balaban J connectivity index is 1.94. The van der Waals surface area contributed by atoms with Crippen LogP contribution in [0.5, 0.6) is 0 Å². The molecule has 1 heterocycles. The number of halogens is 1. The Kier molecular flexibility index (Phi) is 4.34. The van der Waals surface area contributed by atoms with E-state index in [0.717, 1.165) is 5.56 Å². The summed E-state index contributed by atoms with van der Waals surface area (Å²) >= 11 is 0. The second kappa shape index (κ2) is 6.00. The fourth-order valence-electron chi connectivity index (χ4n) is 2.45. The molecule has 1 aliphatic rings. The van der Waals surface area contributed by atoms with Crippen LogP contribution in [-0.4, -0.2) is 40.5 Å². The summed E-state index contributed by atoms with van der Waals surface area (Å²) in [6.07, 6.45) is 0.122. The largest absolute Gasteiger partial charge is 0.390 e. The lowest BCUT2D eigenvalue weighted by atomic mass is 10.1. The summed E-state index contributed by atoms with van der Waals surface area (Å²) in [6, 6.07) is 4.98. The molecule has 0 aliphatic carbocycles. The summed E-state index contributed by atoms with van der Waals surface area (Å²) in [4.78, 5) is 24.7. The standard InChI is InChI=1S/C14H17FN2O3/c15-10-4-1-9(2-5-10)3-6-12(19)17-8-7-11(18)13(17)14(16)20/h1-2,4-5,11,13,18H,3,6-8H2,(H2,16,20). The van der Waals surface area contributed by atoms with Gasteiger partial charge in [0, 0.05) is 13.0 Å². The molecule has 0 radical (unpaired) electrons. The SMILES string of the molecule is NC(=O)C1C(O)CCN1C(=O)CCc1ccc(F)cc1. The molecule has 2 unspecified atom stereocenters. The summed E-state index contributed by atoms with van der Waals surface area (Å²) in [5, 5.41) is 9.66. The molecule has 1 aromatic carbocycles. The highest BCUT2D eigenvalue weighted by Crippen LogP contribution is 2.19. The van der Waals surface area contributed by atoms with Crippen LogP contribution in [0.2, 0.25) is 0 Å². The van der Waals surface area contributed by atoms with Crippen LogP contribution < -0.4 is 5.73 Å². The Morgan fingerprint density at radius 2 is 2.00 bits per heavy atom. The first kappa shape index (κ1) is 14.5. The lowest BCUT2D eigenvalue weighted by Gasteiger charge is -2.23. The Bertz CT molecular complexity index is 504. The van der Waals surface area contributed by atoms with Crippen molar-refractivity contribution in [1.82, 2.24) is 4.90 Å². The Hall–Kier alpha value is -1.95. The zero-order valence-corrected chi connectivity index (χ0v) is 11.0. The molecule has 108 valence electrons. The second-order valence-electron chi connectivity index (χ2n) is 4.92. The van der Waals surface area contributed by atoms with Crippen molar-refractivity contribution in [1.29, 1.82) is 0 Å². The van der Waals surface area contributed by atoms with E-state index in [4.69, 9.17) is 5.73 Å². The van der Waals surface area contributed by atoms with Crippen LogP contribution in [0.1, 0.15) is 18.4 Å². The number of likely N-dealkylation sites (tertiary alicyclic amines) is 1. The van der Waals surface area contributed by atoms with Crippen LogP contribution in [-0.2, 0) is 16.0 Å². The maximum absolute atomic E-state index is 12.8. The molecule has 1 aromatic rings. The smallest absolute Gasteiger partial charge is 0.242 e. The molecule has 0 spiro atoms. The number of nitrogens with two attached hydrogens (primary N) is 1. The van der Waals surface area contributed by atoms with Gasteiger partial charge in [0.2, 0.25) is 11.8 Å². The zero-order valence-electron chi connectivity index (χ0n) is 11.0. The maximum Gasteiger partial charge on any atom is 0.242 e. The van der Waals surface area contributed by atoms with Crippen LogP contribution in [0.3, 0.4) is 0 Å². The number of hydrogen-bond acceptors (Lipinski definition) is 3. The summed E-state index contributed by atoms with van der Waals surface area (Å²) < 4.78 is 12.8. The van der Waals surface area contributed by atoms with Crippen molar-refractivity contribution in [2.24, 2.45) is 5.73 Å². The normalized spacial score (nSPS) is 22.0. The molecule has 0 bridgehead atoms. The highest BCUT2D eigenvalue weighted by atomic mass is 19.1. The van der Waals surface area contributed by atoms with Gasteiger partial charge in [0.1, 0.15) is 11.9 Å². The van der Waals surface area contributed by atoms with Gasteiger partial charge in [-0.15, -0.1) is 0 Å². The topological polar surface area (TPSA) is 83.6 Å². The van der Waals surface area contributed by atoms with E-state index >= 15 is 0 Å². The minimum atomic E-state index is -0.935. The molecular formula is C14H17FN2O3. The number of hydrogen-bond donors (Lipinski definition) is 2. The predicted octanol–water partition coefficient (Wildman–Crippen LogP) is 0.205. The van der Waals surface area contributed by atoms with Crippen molar-refractivity contribution in [3.8, 4) is 0 Å². The number of carbonyl (C=O) groups excluding carboxylic acids is 2. The van der Waals surface area contributed by atoms with Gasteiger partial charge in [-0.25, -0.2) is 4.39 Å². The number of aliphatic hydroxyl groups excluding tert-OH is 1. The fourth-order valence-corrected chi connectivity index (χ4v) is 2.45. The van der Waals surface area contributed by atoms with Gasteiger partial charge in [0.05, 0.1) is 6.10 Å². The van der Waals surface area contributed by atoms with Crippen molar-refractivity contribution in [3.63, 3.8) is 0 Å². The van der Waals surface area contributed by atoms with Gasteiger partial charge in [-0.3, -0.25) is 9.59 Å². The first-order valence-electron chi connectivity index (χ1n) is 6.50. The summed E-state index contributed by atoms with van der Waals surface area (Å²) in [5.41, 5.74) is 6.05. The predicted molar refractivity (Wildman–Crippen MR) is 70.0 cm³/mol. The second-order valence-corrected chi connectivity index (χ2v) is 4.92. The molecule has 0 saturated carbocycles. The van der Waals surface area contributed by atoms with Crippen LogP contribution in [0.15, 0.2) is 24.3 Å². The number of rotatable bonds is 4. The van der Waals surface area contributed by atoms with E-state index in [-0.39, 0.29) is 18.1 Å². The summed E-state index contributed by atoms with van der Waals surface area (Å²) in [5.74, 6) is -1.24. The van der Waals surface area contributed by atoms with E-state index in [9.17, 15) is 19.1 Å². The third-order valence-electron chi connectivity index (χ3n) is 3.52. The van der Waals surface area contributed by atoms with Crippen LogP contribution >= 0.6 is 0 Å². The molecule has 1 aliphatic heterocycles. The lowest BCUT2D eigenvalue weighted by Crippen LogP contribution is -2.48. The van der Waals surface area contributed by atoms with Crippen molar-refractivity contribution in [2.45, 2.75) is 31.4 Å². The Morgan fingerprint density at radius 1 is 1.35 bits per heavy atom. The summed E-state index contributed by atoms with van der Waals surface area (Å²) in [6.45, 7) is 0.330. The average molecular weight is 280 g/mol. The molecule has 5 nitrogen and oxygen atoms in total. The van der Waals surface area contributed by atoms with Crippen molar-refractivity contribution in [3.05, 3.63) is 35.6 Å². The Morgan fingerprint density at radius 3 is 2.60 bits per heavy atom. The maximum atomic E-state index is 12.8. The highest BCUT2D eigenvalue weighted by Gasteiger charge is 2.39. The minimum absolute atomic E-state index is 0.197. The molecule has 2 rings (SSSR count). The number of benzene rings is 1. The van der Waals surface area contributed by atoms with Gasteiger partial charge >= 0.3 is 0 Å². The average Bonchev–Trinajstić information content (AvgIpc) is 2.80. The molecule has 0 aromatic heterocycles. The molecule has 20 heavy (non-hydrogen) atoms. The monoisotopic (exact) mass is 280 g/mol. The molecule has 3 N–H and O–H groups in total.